The molecule has 0 bridgehead atoms. The zero-order valence-corrected chi connectivity index (χ0v) is 23.3. The Morgan fingerprint density at radius 1 is 1.16 bits per heavy atom. The second-order valence-electron chi connectivity index (χ2n) is 10.1. The second kappa shape index (κ2) is 10.7. The van der Waals surface area contributed by atoms with Crippen LogP contribution in [-0.2, 0) is 10.4 Å². The minimum Gasteiger partial charge on any atom is -0.386 e. The number of aliphatic hydroxyl groups is 2. The van der Waals surface area contributed by atoms with Crippen molar-refractivity contribution in [3.63, 3.8) is 0 Å². The van der Waals surface area contributed by atoms with Crippen LogP contribution in [0.1, 0.15) is 45.5 Å². The maximum Gasteiger partial charge on any atom is 0.216 e. The number of rotatable bonds is 5. The SMILES string of the molecule is CCNC(C)=O.Cc1nc2cc(-c3cnc(C(C)(C)O)nc3)cc(-c3nccc(N4CC(C)(O)C4)n3)c2s1. The van der Waals surface area contributed by atoms with Gasteiger partial charge in [0.05, 0.1) is 20.8 Å². The van der Waals surface area contributed by atoms with Gasteiger partial charge in [-0.2, -0.15) is 0 Å². The van der Waals surface area contributed by atoms with Crippen molar-refractivity contribution in [2.75, 3.05) is 24.5 Å². The quantitative estimate of drug-likeness (QED) is 0.351. The molecule has 1 aliphatic rings. The Labute approximate surface area is 225 Å². The molecule has 0 radical (unpaired) electrons. The Morgan fingerprint density at radius 2 is 1.84 bits per heavy atom. The van der Waals surface area contributed by atoms with Crippen LogP contribution in [0, 0.1) is 6.92 Å². The molecule has 5 rings (SSSR count). The third kappa shape index (κ3) is 6.29. The maximum atomic E-state index is 10.1. The number of hydrogen-bond donors (Lipinski definition) is 3. The minimum absolute atomic E-state index is 0.0394. The van der Waals surface area contributed by atoms with E-state index in [0.29, 0.717) is 24.7 Å². The number of hydrogen-bond acceptors (Lipinski definition) is 10. The second-order valence-corrected chi connectivity index (χ2v) is 11.3. The fourth-order valence-corrected chi connectivity index (χ4v) is 5.02. The summed E-state index contributed by atoms with van der Waals surface area (Å²) in [4.78, 5) is 34.7. The lowest BCUT2D eigenvalue weighted by Gasteiger charge is -2.44. The smallest absolute Gasteiger partial charge is 0.216 e. The number of amides is 1. The minimum atomic E-state index is -1.10. The molecule has 3 N–H and O–H groups in total. The first-order valence-corrected chi connectivity index (χ1v) is 13.2. The first-order chi connectivity index (χ1) is 17.9. The summed E-state index contributed by atoms with van der Waals surface area (Å²) in [7, 11) is 0. The molecule has 3 aromatic heterocycles. The van der Waals surface area contributed by atoms with E-state index in [1.807, 2.05) is 43.9 Å². The van der Waals surface area contributed by atoms with Crippen molar-refractivity contribution in [1.82, 2.24) is 30.2 Å². The van der Waals surface area contributed by atoms with Crippen molar-refractivity contribution in [2.45, 2.75) is 52.7 Å². The number of carbonyl (C=O) groups excluding carboxylic acids is 1. The average Bonchev–Trinajstić information content (AvgIpc) is 3.22. The summed E-state index contributed by atoms with van der Waals surface area (Å²) in [6, 6.07) is 5.91. The molecule has 200 valence electrons. The fourth-order valence-electron chi connectivity index (χ4n) is 4.11. The molecule has 1 amide bonds. The monoisotopic (exact) mass is 535 g/mol. The standard InChI is InChI=1S/C23H24N6O2S.C4H9NO/c1-13-27-17-8-14(15-9-25-21(26-10-15)22(2,3)30)7-16(19(17)32-13)20-24-6-5-18(28-20)29-11-23(4,31)12-29;1-3-5-4(2)6/h5-10,30-31H,11-12H2,1-4H3;3H2,1-2H3,(H,5,6). The van der Waals surface area contributed by atoms with Gasteiger partial charge in [-0.25, -0.2) is 24.9 Å². The van der Waals surface area contributed by atoms with Gasteiger partial charge in [0, 0.05) is 56.3 Å². The normalized spacial score (nSPS) is 14.5. The highest BCUT2D eigenvalue weighted by Gasteiger charge is 2.37. The van der Waals surface area contributed by atoms with Gasteiger partial charge >= 0.3 is 0 Å². The van der Waals surface area contributed by atoms with E-state index in [4.69, 9.17) is 4.98 Å². The third-order valence-corrected chi connectivity index (χ3v) is 6.84. The van der Waals surface area contributed by atoms with E-state index in [0.717, 1.165) is 44.3 Å². The lowest BCUT2D eigenvalue weighted by atomic mass is 9.97. The zero-order valence-electron chi connectivity index (χ0n) is 22.5. The van der Waals surface area contributed by atoms with E-state index in [2.05, 4.69) is 25.3 Å². The summed E-state index contributed by atoms with van der Waals surface area (Å²) in [6.45, 7) is 12.3. The highest BCUT2D eigenvalue weighted by molar-refractivity contribution is 7.19. The summed E-state index contributed by atoms with van der Waals surface area (Å²) in [5.41, 5.74) is 1.71. The lowest BCUT2D eigenvalue weighted by Crippen LogP contribution is -2.60. The Balaban J connectivity index is 0.000000505. The van der Waals surface area contributed by atoms with Crippen molar-refractivity contribution < 1.29 is 15.0 Å². The molecular weight excluding hydrogens is 502 g/mol. The number of carbonyl (C=O) groups is 1. The van der Waals surface area contributed by atoms with Crippen LogP contribution in [0.3, 0.4) is 0 Å². The first kappa shape index (κ1) is 27.5. The van der Waals surface area contributed by atoms with Gasteiger partial charge in [-0.3, -0.25) is 4.79 Å². The van der Waals surface area contributed by atoms with E-state index < -0.39 is 11.2 Å². The van der Waals surface area contributed by atoms with Gasteiger partial charge in [0.15, 0.2) is 11.6 Å². The Morgan fingerprint density at radius 3 is 2.39 bits per heavy atom. The number of aryl methyl sites for hydroxylation is 1. The highest BCUT2D eigenvalue weighted by Crippen LogP contribution is 2.36. The summed E-state index contributed by atoms with van der Waals surface area (Å²) in [6.07, 6.45) is 5.17. The number of nitrogens with zero attached hydrogens (tertiary/aromatic N) is 6. The Bertz CT molecular complexity index is 1440. The fraction of sp³-hybridized carbons (Fsp3) is 0.407. The van der Waals surface area contributed by atoms with Crippen LogP contribution in [0.4, 0.5) is 5.82 Å². The highest BCUT2D eigenvalue weighted by atomic mass is 32.1. The number of fused-ring (bicyclic) bond motifs is 1. The number of nitrogens with one attached hydrogen (secondary N) is 1. The van der Waals surface area contributed by atoms with Crippen LogP contribution in [0.15, 0.2) is 36.8 Å². The van der Waals surface area contributed by atoms with Gasteiger partial charge in [-0.1, -0.05) is 0 Å². The summed E-state index contributed by atoms with van der Waals surface area (Å²) >= 11 is 1.61. The van der Waals surface area contributed by atoms with Gasteiger partial charge in [0.2, 0.25) is 5.91 Å². The van der Waals surface area contributed by atoms with Crippen molar-refractivity contribution in [1.29, 1.82) is 0 Å². The maximum absolute atomic E-state index is 10.1. The van der Waals surface area contributed by atoms with Gasteiger partial charge in [-0.15, -0.1) is 11.3 Å². The molecular formula is C27H33N7O3S. The van der Waals surface area contributed by atoms with Gasteiger partial charge in [0.25, 0.3) is 0 Å². The number of thiazole rings is 1. The third-order valence-electron chi connectivity index (χ3n) is 5.82. The molecule has 0 spiro atoms. The number of aromatic nitrogens is 5. The molecule has 1 saturated heterocycles. The molecule has 1 fully saturated rings. The van der Waals surface area contributed by atoms with E-state index in [1.54, 1.807) is 43.8 Å². The van der Waals surface area contributed by atoms with Crippen LogP contribution >= 0.6 is 11.3 Å². The van der Waals surface area contributed by atoms with E-state index in [1.165, 1.54) is 6.92 Å². The molecule has 0 aliphatic carbocycles. The van der Waals surface area contributed by atoms with Crippen LogP contribution in [0.5, 0.6) is 0 Å². The van der Waals surface area contributed by atoms with E-state index >= 15 is 0 Å². The predicted octanol–water partition coefficient (Wildman–Crippen LogP) is 3.46. The van der Waals surface area contributed by atoms with Gasteiger partial charge < -0.3 is 20.4 Å². The summed E-state index contributed by atoms with van der Waals surface area (Å²) in [5, 5.41) is 23.8. The molecule has 4 heterocycles. The largest absolute Gasteiger partial charge is 0.386 e. The predicted molar refractivity (Wildman–Crippen MR) is 149 cm³/mol. The molecule has 1 aromatic carbocycles. The molecule has 0 unspecified atom stereocenters. The van der Waals surface area contributed by atoms with Gasteiger partial charge in [-0.05, 0) is 58.4 Å². The molecule has 11 heteroatoms. The molecule has 38 heavy (non-hydrogen) atoms. The molecule has 4 aromatic rings. The number of β-amino-alcohol motifs (C(OH)–C–C–N with tert-alkyl or cyclic N) is 1. The van der Waals surface area contributed by atoms with E-state index in [-0.39, 0.29) is 5.91 Å². The van der Waals surface area contributed by atoms with Crippen molar-refractivity contribution in [2.24, 2.45) is 0 Å². The summed E-state index contributed by atoms with van der Waals surface area (Å²) in [5.74, 6) is 1.81. The first-order valence-electron chi connectivity index (χ1n) is 12.4. The molecule has 10 nitrogen and oxygen atoms in total. The Kier molecular flexibility index (Phi) is 7.73. The Hall–Kier alpha value is -3.54. The number of anilines is 1. The zero-order chi connectivity index (χ0) is 27.7. The van der Waals surface area contributed by atoms with Crippen LogP contribution in [0.25, 0.3) is 32.7 Å². The molecule has 0 atom stereocenters. The van der Waals surface area contributed by atoms with Crippen molar-refractivity contribution in [3.8, 4) is 22.5 Å². The summed E-state index contributed by atoms with van der Waals surface area (Å²) < 4.78 is 1.02. The number of benzene rings is 1. The topological polar surface area (TPSA) is 137 Å². The van der Waals surface area contributed by atoms with Crippen molar-refractivity contribution in [3.05, 3.63) is 47.6 Å². The van der Waals surface area contributed by atoms with Crippen molar-refractivity contribution >= 4 is 33.3 Å². The lowest BCUT2D eigenvalue weighted by molar-refractivity contribution is -0.118. The average molecular weight is 536 g/mol. The molecule has 0 saturated carbocycles. The van der Waals surface area contributed by atoms with E-state index in [9.17, 15) is 15.0 Å². The van der Waals surface area contributed by atoms with Crippen LogP contribution in [-0.4, -0.2) is 66.3 Å². The van der Waals surface area contributed by atoms with Crippen LogP contribution < -0.4 is 10.2 Å². The van der Waals surface area contributed by atoms with Gasteiger partial charge in [0.1, 0.15) is 11.4 Å². The molecule has 1 aliphatic heterocycles. The van der Waals surface area contributed by atoms with Crippen LogP contribution in [0.2, 0.25) is 0 Å².